The molecule has 0 saturated heterocycles. The van der Waals surface area contributed by atoms with Gasteiger partial charge in [-0.25, -0.2) is 4.98 Å². The smallest absolute Gasteiger partial charge is 0.193 e. The zero-order valence-electron chi connectivity index (χ0n) is 8.19. The number of hydrogen-bond donors (Lipinski definition) is 0. The summed E-state index contributed by atoms with van der Waals surface area (Å²) in [7, 11) is 0. The molecule has 3 nitrogen and oxygen atoms in total. The average Bonchev–Trinajstić information content (AvgIpc) is 2.63. The maximum absolute atomic E-state index is 8.90. The molecule has 0 aromatic carbocycles. The second-order valence-electron chi connectivity index (χ2n) is 4.00. The lowest BCUT2D eigenvalue weighted by molar-refractivity contribution is 0.488. The van der Waals surface area contributed by atoms with Crippen molar-refractivity contribution >= 4 is 16.3 Å². The van der Waals surface area contributed by atoms with E-state index in [9.17, 15) is 0 Å². The third kappa shape index (κ3) is 1.64. The molecule has 0 saturated carbocycles. The molecule has 0 fully saturated rings. The second-order valence-corrected chi connectivity index (χ2v) is 4.87. The van der Waals surface area contributed by atoms with Gasteiger partial charge in [0.25, 0.3) is 0 Å². The zero-order valence-corrected chi connectivity index (χ0v) is 9.01. The van der Waals surface area contributed by atoms with Crippen molar-refractivity contribution in [1.29, 1.82) is 5.26 Å². The zero-order chi connectivity index (χ0) is 10.2. The average molecular weight is 205 g/mol. The van der Waals surface area contributed by atoms with E-state index >= 15 is 0 Å². The van der Waals surface area contributed by atoms with Gasteiger partial charge in [0.2, 0.25) is 0 Å². The van der Waals surface area contributed by atoms with Crippen LogP contribution >= 0.6 is 11.3 Å². The molecule has 2 rings (SSSR count). The van der Waals surface area contributed by atoms with Crippen molar-refractivity contribution in [3.05, 3.63) is 23.5 Å². The molecule has 0 aliphatic heterocycles. The number of thiazole rings is 1. The number of fused-ring (bicyclic) bond motifs is 1. The molecular formula is C10H11N3S. The normalized spacial score (nSPS) is 11.8. The molecular weight excluding hydrogens is 194 g/mol. The van der Waals surface area contributed by atoms with E-state index in [1.165, 1.54) is 0 Å². The Morgan fingerprint density at radius 2 is 2.43 bits per heavy atom. The lowest BCUT2D eigenvalue weighted by atomic mass is 9.90. The van der Waals surface area contributed by atoms with Crippen LogP contribution in [0.2, 0.25) is 0 Å². The predicted molar refractivity (Wildman–Crippen MR) is 56.2 cm³/mol. The number of aromatic nitrogens is 2. The monoisotopic (exact) mass is 205 g/mol. The SMILES string of the molecule is CC(C)(C#N)Cc1cn2ccsc2n1. The molecule has 0 spiro atoms. The Morgan fingerprint density at radius 3 is 3.07 bits per heavy atom. The number of imidazole rings is 1. The highest BCUT2D eigenvalue weighted by Gasteiger charge is 2.19. The van der Waals surface area contributed by atoms with Crippen LogP contribution in [0.1, 0.15) is 19.5 Å². The van der Waals surface area contributed by atoms with Gasteiger partial charge >= 0.3 is 0 Å². The minimum atomic E-state index is -0.329. The van der Waals surface area contributed by atoms with E-state index in [0.29, 0.717) is 6.42 Å². The first-order chi connectivity index (χ1) is 6.61. The van der Waals surface area contributed by atoms with Gasteiger partial charge in [0, 0.05) is 24.2 Å². The molecule has 0 aliphatic rings. The minimum Gasteiger partial charge on any atom is -0.297 e. The van der Waals surface area contributed by atoms with Gasteiger partial charge in [-0.2, -0.15) is 5.26 Å². The molecule has 0 radical (unpaired) electrons. The van der Waals surface area contributed by atoms with E-state index < -0.39 is 0 Å². The molecule has 0 amide bonds. The van der Waals surface area contributed by atoms with Gasteiger partial charge in [0.1, 0.15) is 0 Å². The molecule has 2 aromatic rings. The van der Waals surface area contributed by atoms with Crippen LogP contribution in [0.5, 0.6) is 0 Å². The summed E-state index contributed by atoms with van der Waals surface area (Å²) in [6.45, 7) is 3.86. The minimum absolute atomic E-state index is 0.329. The van der Waals surface area contributed by atoms with E-state index in [4.69, 9.17) is 5.26 Å². The van der Waals surface area contributed by atoms with Crippen molar-refractivity contribution in [1.82, 2.24) is 9.38 Å². The highest BCUT2D eigenvalue weighted by molar-refractivity contribution is 7.15. The topological polar surface area (TPSA) is 41.1 Å². The Kier molecular flexibility index (Phi) is 2.05. The summed E-state index contributed by atoms with van der Waals surface area (Å²) in [4.78, 5) is 5.43. The Morgan fingerprint density at radius 1 is 1.64 bits per heavy atom. The molecule has 2 aromatic heterocycles. The fraction of sp³-hybridized carbons (Fsp3) is 0.400. The van der Waals surface area contributed by atoms with Crippen LogP contribution in [0.3, 0.4) is 0 Å². The number of rotatable bonds is 2. The van der Waals surface area contributed by atoms with Gasteiger partial charge in [0.15, 0.2) is 4.96 Å². The van der Waals surface area contributed by atoms with Gasteiger partial charge in [-0.15, -0.1) is 11.3 Å². The van der Waals surface area contributed by atoms with E-state index in [1.54, 1.807) is 11.3 Å². The van der Waals surface area contributed by atoms with Gasteiger partial charge in [-0.1, -0.05) is 0 Å². The highest BCUT2D eigenvalue weighted by atomic mass is 32.1. The van der Waals surface area contributed by atoms with E-state index in [2.05, 4.69) is 11.1 Å². The first kappa shape index (κ1) is 9.22. The van der Waals surface area contributed by atoms with Gasteiger partial charge in [-0.3, -0.25) is 4.40 Å². The summed E-state index contributed by atoms with van der Waals surface area (Å²) in [5.74, 6) is 0. The van der Waals surface area contributed by atoms with Crippen molar-refractivity contribution in [2.75, 3.05) is 0 Å². The Balaban J connectivity index is 2.29. The molecule has 0 aliphatic carbocycles. The Hall–Kier alpha value is -1.34. The summed E-state index contributed by atoms with van der Waals surface area (Å²) in [6, 6.07) is 2.28. The number of nitriles is 1. The fourth-order valence-corrected chi connectivity index (χ4v) is 2.07. The number of hydrogen-bond acceptors (Lipinski definition) is 3. The van der Waals surface area contributed by atoms with Crippen molar-refractivity contribution < 1.29 is 0 Å². The maximum Gasteiger partial charge on any atom is 0.193 e. The second kappa shape index (κ2) is 3.10. The van der Waals surface area contributed by atoms with Crippen LogP contribution in [0, 0.1) is 16.7 Å². The molecule has 0 unspecified atom stereocenters. The van der Waals surface area contributed by atoms with E-state index in [1.807, 2.05) is 36.0 Å². The van der Waals surface area contributed by atoms with Gasteiger partial charge in [0.05, 0.1) is 17.2 Å². The standard InChI is InChI=1S/C10H11N3S/c1-10(2,7-11)5-8-6-13-3-4-14-9(13)12-8/h3-4,6H,5H2,1-2H3. The van der Waals surface area contributed by atoms with Crippen molar-refractivity contribution in [3.8, 4) is 6.07 Å². The first-order valence-corrected chi connectivity index (χ1v) is 5.31. The summed E-state index contributed by atoms with van der Waals surface area (Å²) in [5.41, 5.74) is 0.660. The summed E-state index contributed by atoms with van der Waals surface area (Å²) >= 11 is 1.61. The van der Waals surface area contributed by atoms with Gasteiger partial charge < -0.3 is 0 Å². The molecule has 2 heterocycles. The fourth-order valence-electron chi connectivity index (χ4n) is 1.35. The first-order valence-electron chi connectivity index (χ1n) is 4.43. The lowest BCUT2D eigenvalue weighted by Gasteiger charge is -2.11. The van der Waals surface area contributed by atoms with Crippen LogP contribution in [-0.2, 0) is 6.42 Å². The van der Waals surface area contributed by atoms with E-state index in [-0.39, 0.29) is 5.41 Å². The maximum atomic E-state index is 8.90. The summed E-state index contributed by atoms with van der Waals surface area (Å²) in [5, 5.41) is 10.9. The van der Waals surface area contributed by atoms with Crippen LogP contribution in [-0.4, -0.2) is 9.38 Å². The van der Waals surface area contributed by atoms with E-state index in [0.717, 1.165) is 10.7 Å². The van der Waals surface area contributed by atoms with Crippen molar-refractivity contribution in [2.45, 2.75) is 20.3 Å². The lowest BCUT2D eigenvalue weighted by Crippen LogP contribution is -2.11. The van der Waals surface area contributed by atoms with Crippen molar-refractivity contribution in [2.24, 2.45) is 5.41 Å². The molecule has 4 heteroatoms. The third-order valence-corrected chi connectivity index (χ3v) is 2.84. The Bertz CT molecular complexity index is 458. The largest absolute Gasteiger partial charge is 0.297 e. The number of nitrogens with zero attached hydrogens (tertiary/aromatic N) is 3. The summed E-state index contributed by atoms with van der Waals surface area (Å²) in [6.07, 6.45) is 4.68. The third-order valence-electron chi connectivity index (χ3n) is 2.07. The van der Waals surface area contributed by atoms with Crippen LogP contribution in [0.15, 0.2) is 17.8 Å². The van der Waals surface area contributed by atoms with Gasteiger partial charge in [-0.05, 0) is 13.8 Å². The Labute approximate surface area is 86.6 Å². The van der Waals surface area contributed by atoms with Crippen molar-refractivity contribution in [3.63, 3.8) is 0 Å². The van der Waals surface area contributed by atoms with Crippen LogP contribution in [0.4, 0.5) is 0 Å². The molecule has 72 valence electrons. The molecule has 0 atom stereocenters. The predicted octanol–water partition coefficient (Wildman–Crippen LogP) is 2.49. The molecule has 0 N–H and O–H groups in total. The molecule has 0 bridgehead atoms. The van der Waals surface area contributed by atoms with Crippen LogP contribution in [0.25, 0.3) is 4.96 Å². The highest BCUT2D eigenvalue weighted by Crippen LogP contribution is 2.21. The summed E-state index contributed by atoms with van der Waals surface area (Å²) < 4.78 is 1.99. The van der Waals surface area contributed by atoms with Crippen LogP contribution < -0.4 is 0 Å². The quantitative estimate of drug-likeness (QED) is 0.755. The molecule has 14 heavy (non-hydrogen) atoms.